The minimum Gasteiger partial charge on any atom is -0.414 e. The highest BCUT2D eigenvalue weighted by Gasteiger charge is 2.43. The van der Waals surface area contributed by atoms with Crippen molar-refractivity contribution in [1.82, 2.24) is 0 Å². The SMILES string of the molecule is CC1(c2ccccc2)OC(=O)C(=Cc2ccc(Br)cc2)C(=O)O1. The number of ether oxygens (including phenoxy) is 2. The van der Waals surface area contributed by atoms with Crippen LogP contribution in [0.5, 0.6) is 0 Å². The van der Waals surface area contributed by atoms with Gasteiger partial charge in [0.1, 0.15) is 5.57 Å². The third-order valence-corrected chi connectivity index (χ3v) is 4.02. The predicted molar refractivity (Wildman–Crippen MR) is 88.1 cm³/mol. The van der Waals surface area contributed by atoms with Crippen LogP contribution >= 0.6 is 15.9 Å². The van der Waals surface area contributed by atoms with Crippen molar-refractivity contribution in [3.05, 3.63) is 75.8 Å². The Labute approximate surface area is 141 Å². The van der Waals surface area contributed by atoms with E-state index >= 15 is 0 Å². The summed E-state index contributed by atoms with van der Waals surface area (Å²) in [4.78, 5) is 24.5. The molecule has 23 heavy (non-hydrogen) atoms. The molecule has 2 aromatic rings. The van der Waals surface area contributed by atoms with Gasteiger partial charge < -0.3 is 9.47 Å². The molecular formula is C18H13BrO4. The molecule has 0 bridgehead atoms. The largest absolute Gasteiger partial charge is 0.414 e. The van der Waals surface area contributed by atoms with E-state index in [4.69, 9.17) is 9.47 Å². The number of esters is 2. The zero-order valence-corrected chi connectivity index (χ0v) is 13.9. The Bertz CT molecular complexity index is 758. The van der Waals surface area contributed by atoms with Crippen molar-refractivity contribution >= 4 is 33.9 Å². The molecule has 4 nitrogen and oxygen atoms in total. The van der Waals surface area contributed by atoms with Gasteiger partial charge in [-0.05, 0) is 23.8 Å². The number of cyclic esters (lactones) is 2. The van der Waals surface area contributed by atoms with Gasteiger partial charge in [0, 0.05) is 17.0 Å². The van der Waals surface area contributed by atoms with Crippen molar-refractivity contribution in [2.24, 2.45) is 0 Å². The fraction of sp³-hybridized carbons (Fsp3) is 0.111. The summed E-state index contributed by atoms with van der Waals surface area (Å²) in [5.41, 5.74) is 1.19. The molecule has 1 aliphatic rings. The molecule has 5 heteroatoms. The highest BCUT2D eigenvalue weighted by molar-refractivity contribution is 9.10. The quantitative estimate of drug-likeness (QED) is 0.457. The standard InChI is InChI=1S/C18H13BrO4/c1-18(13-5-3-2-4-6-13)22-16(20)15(17(21)23-18)11-12-7-9-14(19)10-8-12/h2-11H,1H3. The van der Waals surface area contributed by atoms with Crippen LogP contribution in [0.1, 0.15) is 18.1 Å². The van der Waals surface area contributed by atoms with E-state index in [2.05, 4.69) is 15.9 Å². The van der Waals surface area contributed by atoms with Crippen molar-refractivity contribution in [2.75, 3.05) is 0 Å². The smallest absolute Gasteiger partial charge is 0.349 e. The lowest BCUT2D eigenvalue weighted by atomic mass is 10.0. The lowest BCUT2D eigenvalue weighted by Crippen LogP contribution is -2.42. The summed E-state index contributed by atoms with van der Waals surface area (Å²) in [6.45, 7) is 1.55. The molecule has 0 N–H and O–H groups in total. The van der Waals surface area contributed by atoms with E-state index in [1.807, 2.05) is 18.2 Å². The summed E-state index contributed by atoms with van der Waals surface area (Å²) in [5.74, 6) is -2.81. The molecule has 1 fully saturated rings. The van der Waals surface area contributed by atoms with Crippen LogP contribution in [-0.4, -0.2) is 11.9 Å². The molecule has 0 aromatic heterocycles. The van der Waals surface area contributed by atoms with E-state index < -0.39 is 17.7 Å². The summed E-state index contributed by atoms with van der Waals surface area (Å²) in [6.07, 6.45) is 1.46. The van der Waals surface area contributed by atoms with Gasteiger partial charge in [-0.2, -0.15) is 0 Å². The number of hydrogen-bond donors (Lipinski definition) is 0. The Morgan fingerprint density at radius 3 is 2.04 bits per heavy atom. The van der Waals surface area contributed by atoms with Crippen molar-refractivity contribution < 1.29 is 19.1 Å². The molecule has 0 spiro atoms. The van der Waals surface area contributed by atoms with E-state index in [0.717, 1.165) is 4.47 Å². The molecule has 116 valence electrons. The number of rotatable bonds is 2. The minimum atomic E-state index is -1.41. The molecule has 1 saturated heterocycles. The summed E-state index contributed by atoms with van der Waals surface area (Å²) in [6, 6.07) is 16.1. The van der Waals surface area contributed by atoms with Gasteiger partial charge in [0.05, 0.1) is 0 Å². The van der Waals surface area contributed by atoms with Crippen LogP contribution in [0.3, 0.4) is 0 Å². The number of hydrogen-bond acceptors (Lipinski definition) is 4. The van der Waals surface area contributed by atoms with E-state index in [1.54, 1.807) is 43.3 Å². The zero-order valence-electron chi connectivity index (χ0n) is 12.3. The molecule has 3 rings (SSSR count). The van der Waals surface area contributed by atoms with Crippen LogP contribution < -0.4 is 0 Å². The summed E-state index contributed by atoms with van der Waals surface area (Å²) in [7, 11) is 0. The highest BCUT2D eigenvalue weighted by atomic mass is 79.9. The van der Waals surface area contributed by atoms with Crippen LogP contribution in [0.15, 0.2) is 64.6 Å². The van der Waals surface area contributed by atoms with Gasteiger partial charge in [-0.1, -0.05) is 58.4 Å². The number of carbonyl (C=O) groups is 2. The summed E-state index contributed by atoms with van der Waals surface area (Å²) >= 11 is 3.33. The maximum Gasteiger partial charge on any atom is 0.349 e. The third kappa shape index (κ3) is 3.19. The Hall–Kier alpha value is -2.40. The molecule has 0 radical (unpaired) electrons. The Balaban J connectivity index is 1.90. The first-order valence-corrected chi connectivity index (χ1v) is 7.77. The van der Waals surface area contributed by atoms with Gasteiger partial charge in [-0.25, -0.2) is 9.59 Å². The Morgan fingerprint density at radius 2 is 1.48 bits per heavy atom. The number of carbonyl (C=O) groups excluding carboxylic acids is 2. The third-order valence-electron chi connectivity index (χ3n) is 3.49. The summed E-state index contributed by atoms with van der Waals surface area (Å²) in [5, 5.41) is 0. The van der Waals surface area contributed by atoms with E-state index in [9.17, 15) is 9.59 Å². The fourth-order valence-corrected chi connectivity index (χ4v) is 2.53. The first-order valence-electron chi connectivity index (χ1n) is 6.97. The molecule has 1 heterocycles. The zero-order chi connectivity index (χ0) is 16.4. The van der Waals surface area contributed by atoms with Crippen molar-refractivity contribution in [2.45, 2.75) is 12.7 Å². The van der Waals surface area contributed by atoms with Crippen LogP contribution in [0.4, 0.5) is 0 Å². The van der Waals surface area contributed by atoms with E-state index in [-0.39, 0.29) is 5.57 Å². The van der Waals surface area contributed by atoms with Gasteiger partial charge >= 0.3 is 11.9 Å². The first kappa shape index (κ1) is 15.5. The molecule has 0 saturated carbocycles. The summed E-state index contributed by atoms with van der Waals surface area (Å²) < 4.78 is 11.7. The van der Waals surface area contributed by atoms with Gasteiger partial charge in [0.2, 0.25) is 0 Å². The average molecular weight is 373 g/mol. The second-order valence-corrected chi connectivity index (χ2v) is 6.12. The molecule has 2 aromatic carbocycles. The lowest BCUT2D eigenvalue weighted by molar-refractivity contribution is -0.233. The second-order valence-electron chi connectivity index (χ2n) is 5.20. The maximum atomic E-state index is 12.3. The Morgan fingerprint density at radius 1 is 0.913 bits per heavy atom. The molecule has 0 aliphatic carbocycles. The molecule has 1 aliphatic heterocycles. The predicted octanol–water partition coefficient (Wildman–Crippen LogP) is 3.81. The maximum absolute atomic E-state index is 12.3. The van der Waals surface area contributed by atoms with Crippen molar-refractivity contribution in [3.8, 4) is 0 Å². The van der Waals surface area contributed by atoms with Crippen LogP contribution in [-0.2, 0) is 24.8 Å². The monoisotopic (exact) mass is 372 g/mol. The normalized spacial score (nSPS) is 20.7. The number of halogens is 1. The second kappa shape index (κ2) is 6.01. The van der Waals surface area contributed by atoms with Gasteiger partial charge in [0.25, 0.3) is 5.79 Å². The van der Waals surface area contributed by atoms with Gasteiger partial charge in [0.15, 0.2) is 0 Å². The fourth-order valence-electron chi connectivity index (χ4n) is 2.27. The minimum absolute atomic E-state index is 0.124. The van der Waals surface area contributed by atoms with Crippen LogP contribution in [0.2, 0.25) is 0 Å². The number of benzene rings is 2. The van der Waals surface area contributed by atoms with Crippen LogP contribution in [0, 0.1) is 0 Å². The molecular weight excluding hydrogens is 360 g/mol. The van der Waals surface area contributed by atoms with E-state index in [0.29, 0.717) is 11.1 Å². The van der Waals surface area contributed by atoms with Gasteiger partial charge in [-0.15, -0.1) is 0 Å². The molecule has 0 amide bonds. The van der Waals surface area contributed by atoms with Crippen molar-refractivity contribution in [1.29, 1.82) is 0 Å². The van der Waals surface area contributed by atoms with E-state index in [1.165, 1.54) is 6.08 Å². The Kier molecular flexibility index (Phi) is 4.05. The van der Waals surface area contributed by atoms with Crippen LogP contribution in [0.25, 0.3) is 6.08 Å². The molecule has 0 atom stereocenters. The molecule has 0 unspecified atom stereocenters. The average Bonchev–Trinajstić information content (AvgIpc) is 2.53. The van der Waals surface area contributed by atoms with Crippen molar-refractivity contribution in [3.63, 3.8) is 0 Å². The lowest BCUT2D eigenvalue weighted by Gasteiger charge is -2.33. The highest BCUT2D eigenvalue weighted by Crippen LogP contribution is 2.33. The van der Waals surface area contributed by atoms with Gasteiger partial charge in [-0.3, -0.25) is 0 Å². The topological polar surface area (TPSA) is 52.6 Å². The first-order chi connectivity index (χ1) is 11.0.